The highest BCUT2D eigenvalue weighted by molar-refractivity contribution is 7.98. The molecule has 48 nitrogen and oxygen atoms in total. The van der Waals surface area contributed by atoms with E-state index in [0.717, 1.165) is 21.4 Å². The Morgan fingerprint density at radius 3 is 1.24 bits per heavy atom. The molecule has 0 unspecified atom stereocenters. The molecule has 6 aromatic rings. The molecule has 148 heavy (non-hydrogen) atoms. The molecule has 16 amide bonds. The van der Waals surface area contributed by atoms with E-state index in [4.69, 9.17) is 51.0 Å². The highest BCUT2D eigenvalue weighted by Crippen LogP contribution is 2.26. The van der Waals surface area contributed by atoms with Gasteiger partial charge in [0.05, 0.1) is 18.6 Å². The standard InChI is InChI=1S/C99H146N28O20S/c1-55(82(131)121-74(48-59-35-37-62(129)38-36-59)91(140)114-56(2)83(132)125-81(57(3)128)96(145)127-46-21-34-79(127)97(146)147)113-85(134)68(28-12-15-40-100)115-86(135)69(29-13-16-41-101)118-92(141)75(51-61-54-112-67-27-11-9-25-64(61)67)122-89(138)70(30-14-17-42-102)116-90(139)73(39-47-148-4)120-88(137)71(31-18-43-109-98(105)106)117-87(136)72(32-19-44-110-99(107)108)119-93(142)76(52-80(104)130)123-94(143)78-33-20-45-126(78)95(144)77(49-58-22-6-5-7-23-58)124-84(133)65(103)50-60-53-111-66-26-10-8-24-63(60)66/h5-11,22-27,35-38,53-57,65,68-79,81,111-112,128-129H,12-21,28-34,39-52,100-103H2,1-4H3,(H2,104,130)(H,113,134)(H,114,140)(H,115,135)(H,116,139)(H,117,136)(H,118,141)(H,119,142)(H,120,137)(H,121,131)(H,122,138)(H,123,143)(H,124,133)(H,125,132)(H,146,147)(H4,105,106,109)(H4,107,108,110)/t55-,56-,57+,65-,68-,69-,70-,71-,72-,73-,74-,75-,76-,77-,78-,79-,81-/m0/s1. The number of phenols is 1. The maximum atomic E-state index is 15.4. The molecule has 0 spiro atoms. The number of thioether (sulfide) groups is 1. The molecule has 17 atom stereocenters. The van der Waals surface area contributed by atoms with Crippen LogP contribution in [-0.2, 0) is 107 Å². The first kappa shape index (κ1) is 119. The predicted octanol–water partition coefficient (Wildman–Crippen LogP) is -3.72. The maximum Gasteiger partial charge on any atom is 0.326 e. The third-order valence-corrected chi connectivity index (χ3v) is 26.2. The SMILES string of the molecule is CSCC[C@H](NC(=O)[C@H](CCCNC(=N)N)NC(=O)[C@H](CCCNC(=N)N)NC(=O)[C@H](CC(N)=O)NC(=O)[C@@H]1CCCN1C(=O)[C@H](Cc1ccccc1)NC(=O)[C@@H](N)Cc1c[nH]c2ccccc12)C(=O)N[C@@H](CCCCN)C(=O)N[C@@H](Cc1c[nH]c2ccccc12)C(=O)N[C@@H](CCCCN)C(=O)N[C@@H](CCCCN)C(=O)N[C@@H](C)C(=O)N[C@@H](Cc1ccc(O)cc1)C(=O)N[C@@H](C)C(=O)N[C@H](C(=O)N1CCC[C@H]1C(=O)O)[C@@H](C)O. The summed E-state index contributed by atoms with van der Waals surface area (Å²) < 4.78 is 0. The molecule has 2 aliphatic heterocycles. The Morgan fingerprint density at radius 1 is 0.412 bits per heavy atom. The summed E-state index contributed by atoms with van der Waals surface area (Å²) in [5.74, 6) is -16.7. The van der Waals surface area contributed by atoms with E-state index < -0.39 is 222 Å². The number of benzene rings is 4. The van der Waals surface area contributed by atoms with Crippen LogP contribution in [0.3, 0.4) is 0 Å². The number of aliphatic hydroxyl groups is 1. The number of phenolic OH excluding ortho intramolecular Hbond substituents is 1. The summed E-state index contributed by atoms with van der Waals surface area (Å²) in [5, 5.41) is 87.6. The number of carbonyl (C=O) groups is 17. The number of para-hydroxylation sites is 2. The number of carbonyl (C=O) groups excluding carboxylic acids is 16. The molecule has 8 rings (SSSR count). The molecular weight excluding hydrogens is 1930 g/mol. The van der Waals surface area contributed by atoms with Gasteiger partial charge in [-0.15, -0.1) is 0 Å². The second-order valence-corrected chi connectivity index (χ2v) is 38.1. The topological polar surface area (TPSA) is 799 Å². The molecule has 0 bridgehead atoms. The van der Waals surface area contributed by atoms with Gasteiger partial charge in [0.2, 0.25) is 94.5 Å². The second-order valence-electron chi connectivity index (χ2n) is 37.1. The Balaban J connectivity index is 0.996. The van der Waals surface area contributed by atoms with Gasteiger partial charge in [0.25, 0.3) is 0 Å². The number of nitrogens with zero attached hydrogens (tertiary/aromatic N) is 2. The van der Waals surface area contributed by atoms with Crippen molar-refractivity contribution in [2.75, 3.05) is 57.8 Å². The average molecular weight is 2080 g/mol. The maximum absolute atomic E-state index is 15.4. The molecule has 808 valence electrons. The first-order valence-corrected chi connectivity index (χ1v) is 51.3. The van der Waals surface area contributed by atoms with Crippen LogP contribution < -0.4 is 120 Å². The molecule has 49 heteroatoms. The van der Waals surface area contributed by atoms with Crippen molar-refractivity contribution < 1.29 is 96.8 Å². The monoisotopic (exact) mass is 2080 g/mol. The van der Waals surface area contributed by atoms with Crippen molar-refractivity contribution in [3.8, 4) is 5.75 Å². The van der Waals surface area contributed by atoms with Crippen molar-refractivity contribution in [2.24, 2.45) is 40.1 Å². The van der Waals surface area contributed by atoms with Gasteiger partial charge in [0.1, 0.15) is 96.4 Å². The number of likely N-dealkylation sites (tertiary alicyclic amines) is 2. The summed E-state index contributed by atoms with van der Waals surface area (Å²) in [6.45, 7) is 4.25. The number of primary amides is 1. The molecule has 4 heterocycles. The summed E-state index contributed by atoms with van der Waals surface area (Å²) in [5.41, 5.74) is 45.3. The molecule has 2 aliphatic rings. The number of H-pyrrole nitrogens is 2. The molecule has 2 fully saturated rings. The number of aliphatic hydroxyl groups excluding tert-OH is 1. The van der Waals surface area contributed by atoms with E-state index in [0.29, 0.717) is 59.7 Å². The number of hydrogen-bond donors (Lipinski definition) is 29. The molecular formula is C99H146N28O20S. The normalized spacial score (nSPS) is 16.4. The zero-order chi connectivity index (χ0) is 108. The lowest BCUT2D eigenvalue weighted by Gasteiger charge is -2.30. The molecule has 0 saturated carbocycles. The van der Waals surface area contributed by atoms with E-state index >= 15 is 28.8 Å². The number of unbranched alkanes of at least 4 members (excludes halogenated alkanes) is 3. The number of guanidine groups is 2. The van der Waals surface area contributed by atoms with E-state index in [9.17, 15) is 68.1 Å². The van der Waals surface area contributed by atoms with Crippen molar-refractivity contribution in [3.63, 3.8) is 0 Å². The van der Waals surface area contributed by atoms with Crippen LogP contribution in [0.15, 0.2) is 116 Å². The van der Waals surface area contributed by atoms with Crippen molar-refractivity contribution in [2.45, 2.75) is 271 Å². The predicted molar refractivity (Wildman–Crippen MR) is 553 cm³/mol. The third-order valence-electron chi connectivity index (χ3n) is 25.6. The summed E-state index contributed by atoms with van der Waals surface area (Å²) >= 11 is 1.29. The lowest BCUT2D eigenvalue weighted by atomic mass is 10.0. The van der Waals surface area contributed by atoms with Gasteiger partial charge < -0.3 is 155 Å². The average Bonchev–Trinajstić information content (AvgIpc) is 1.66. The van der Waals surface area contributed by atoms with Crippen LogP contribution >= 0.6 is 11.8 Å². The number of hydrogen-bond acceptors (Lipinski definition) is 26. The fourth-order valence-corrected chi connectivity index (χ4v) is 17.9. The third kappa shape index (κ3) is 37.4. The minimum atomic E-state index is -1.80. The number of nitrogens with one attached hydrogen (secondary N) is 19. The van der Waals surface area contributed by atoms with Gasteiger partial charge in [0, 0.05) is 79.6 Å². The van der Waals surface area contributed by atoms with Crippen molar-refractivity contribution in [1.82, 2.24) is 99.5 Å². The lowest BCUT2D eigenvalue weighted by molar-refractivity contribution is -0.150. The van der Waals surface area contributed by atoms with Gasteiger partial charge in [0.15, 0.2) is 11.9 Å². The first-order chi connectivity index (χ1) is 70.7. The number of nitrogens with two attached hydrogens (primary N) is 7. The van der Waals surface area contributed by atoms with Crippen LogP contribution in [0.2, 0.25) is 0 Å². The minimum absolute atomic E-state index is 0.00243. The molecule has 0 radical (unpaired) electrons. The minimum Gasteiger partial charge on any atom is -0.508 e. The van der Waals surface area contributed by atoms with Gasteiger partial charge in [-0.25, -0.2) is 4.79 Å². The number of aromatic nitrogens is 2. The van der Waals surface area contributed by atoms with Crippen molar-refractivity contribution in [3.05, 3.63) is 138 Å². The molecule has 36 N–H and O–H groups in total. The van der Waals surface area contributed by atoms with E-state index in [1.54, 1.807) is 73.2 Å². The highest BCUT2D eigenvalue weighted by atomic mass is 32.2. The quantitative estimate of drug-likeness (QED) is 0.00992. The lowest BCUT2D eigenvalue weighted by Crippen LogP contribution is -2.61. The van der Waals surface area contributed by atoms with Crippen LogP contribution in [0, 0.1) is 10.8 Å². The Labute approximate surface area is 861 Å². The van der Waals surface area contributed by atoms with E-state index in [1.807, 2.05) is 24.3 Å². The Kier molecular flexibility index (Phi) is 48.5. The Morgan fingerprint density at radius 2 is 0.784 bits per heavy atom. The number of fused-ring (bicyclic) bond motifs is 2. The highest BCUT2D eigenvalue weighted by Gasteiger charge is 2.44. The molecule has 4 aromatic carbocycles. The summed E-state index contributed by atoms with van der Waals surface area (Å²) in [6.07, 6.45) is 4.08. The van der Waals surface area contributed by atoms with Crippen LogP contribution in [-0.4, -0.2) is 308 Å². The number of rotatable bonds is 63. The van der Waals surface area contributed by atoms with Crippen molar-refractivity contribution >= 4 is 146 Å². The number of carboxylic acids is 1. The number of aromatic amines is 2. The van der Waals surface area contributed by atoms with E-state index in [2.05, 4.69) is 89.7 Å². The summed E-state index contributed by atoms with van der Waals surface area (Å²) in [6, 6.07) is 5.59. The number of amides is 16. The van der Waals surface area contributed by atoms with Crippen molar-refractivity contribution in [1.29, 1.82) is 10.8 Å². The first-order valence-electron chi connectivity index (χ1n) is 49.9. The van der Waals surface area contributed by atoms with Crippen LogP contribution in [0.4, 0.5) is 0 Å². The van der Waals surface area contributed by atoms with Gasteiger partial charge in [-0.3, -0.25) is 87.5 Å². The smallest absolute Gasteiger partial charge is 0.326 e. The fraction of sp³-hybridized carbons (Fsp3) is 0.525. The van der Waals surface area contributed by atoms with E-state index in [1.165, 1.54) is 61.7 Å². The van der Waals surface area contributed by atoms with Gasteiger partial charge in [-0.1, -0.05) is 78.9 Å². The van der Waals surface area contributed by atoms with E-state index in [-0.39, 0.29) is 166 Å². The van der Waals surface area contributed by atoms with Gasteiger partial charge >= 0.3 is 5.97 Å². The molecule has 2 aromatic heterocycles. The fourth-order valence-electron chi connectivity index (χ4n) is 17.4. The second kappa shape index (κ2) is 60.5. The zero-order valence-electron chi connectivity index (χ0n) is 83.8. The van der Waals surface area contributed by atoms with Crippen LogP contribution in [0.1, 0.15) is 165 Å². The number of aliphatic carboxylic acids is 1. The Bertz CT molecular complexity index is 5520. The van der Waals surface area contributed by atoms with Gasteiger partial charge in [-0.05, 0) is 221 Å². The van der Waals surface area contributed by atoms with Gasteiger partial charge in [-0.2, -0.15) is 11.8 Å². The molecule has 2 saturated heterocycles. The summed E-state index contributed by atoms with van der Waals surface area (Å²) in [4.78, 5) is 254. The number of carboxylic acid groups (broad SMARTS) is 1. The summed E-state index contributed by atoms with van der Waals surface area (Å²) in [7, 11) is 0. The molecule has 0 aliphatic carbocycles. The van der Waals surface area contributed by atoms with Crippen LogP contribution in [0.25, 0.3) is 21.8 Å². The zero-order valence-corrected chi connectivity index (χ0v) is 84.6. The number of aromatic hydroxyl groups is 1. The Hall–Kier alpha value is -14.6. The largest absolute Gasteiger partial charge is 0.508 e. The van der Waals surface area contributed by atoms with Crippen LogP contribution in [0.5, 0.6) is 5.75 Å².